The second kappa shape index (κ2) is 8.85. The number of anilines is 2. The van der Waals surface area contributed by atoms with Crippen LogP contribution in [-0.4, -0.2) is 18.1 Å². The van der Waals surface area contributed by atoms with Crippen LogP contribution in [0.25, 0.3) is 0 Å². The maximum absolute atomic E-state index is 12.2. The van der Waals surface area contributed by atoms with Gasteiger partial charge in [0.15, 0.2) is 0 Å². The second-order valence-corrected chi connectivity index (χ2v) is 4.90. The van der Waals surface area contributed by atoms with E-state index in [0.717, 1.165) is 0 Å². The van der Waals surface area contributed by atoms with Crippen molar-refractivity contribution in [3.63, 3.8) is 0 Å². The summed E-state index contributed by atoms with van der Waals surface area (Å²) in [4.78, 5) is 20.3. The molecule has 8 nitrogen and oxygen atoms in total. The van der Waals surface area contributed by atoms with Gasteiger partial charge >= 0.3 is 0 Å². The van der Waals surface area contributed by atoms with Gasteiger partial charge in [-0.1, -0.05) is 6.07 Å². The number of rotatable bonds is 5. The number of allylic oxidation sites excluding steroid dienone is 1. The second-order valence-electron chi connectivity index (χ2n) is 4.90. The Labute approximate surface area is 145 Å². The smallest absolute Gasteiger partial charge is 0.255 e. The topological polar surface area (TPSA) is 144 Å². The Morgan fingerprint density at radius 3 is 2.60 bits per heavy atom. The van der Waals surface area contributed by atoms with E-state index in [4.69, 9.17) is 17.3 Å². The number of aliphatic imine (C=N–C) groups is 2. The van der Waals surface area contributed by atoms with Gasteiger partial charge in [0.25, 0.3) is 5.91 Å². The fourth-order valence-corrected chi connectivity index (χ4v) is 1.87. The minimum atomic E-state index is -0.244. The minimum Gasteiger partial charge on any atom is -0.399 e. The molecule has 0 aliphatic rings. The lowest BCUT2D eigenvalue weighted by atomic mass is 10.2. The predicted molar refractivity (Wildman–Crippen MR) is 101 cm³/mol. The maximum Gasteiger partial charge on any atom is 0.255 e. The molecule has 0 aliphatic heterocycles. The molecule has 0 heterocycles. The van der Waals surface area contributed by atoms with Crippen LogP contribution in [0.3, 0.4) is 0 Å². The molecule has 2 aromatic carbocycles. The van der Waals surface area contributed by atoms with Gasteiger partial charge in [-0.2, -0.15) is 0 Å². The van der Waals surface area contributed by atoms with Crippen LogP contribution >= 0.6 is 0 Å². The molecular formula is C17H19N7O. The van der Waals surface area contributed by atoms with E-state index in [0.29, 0.717) is 22.6 Å². The normalized spacial score (nSPS) is 11.8. The van der Waals surface area contributed by atoms with Gasteiger partial charge in [-0.25, -0.2) is 9.98 Å². The number of nitrogens with zero attached hydrogens (tertiary/aromatic N) is 2. The van der Waals surface area contributed by atoms with Crippen LogP contribution in [0.4, 0.5) is 17.1 Å². The summed E-state index contributed by atoms with van der Waals surface area (Å²) in [5.41, 5.74) is 15.9. The highest BCUT2D eigenvalue weighted by Crippen LogP contribution is 2.19. The summed E-state index contributed by atoms with van der Waals surface area (Å²) in [5, 5.41) is 2.79. The molecule has 128 valence electrons. The van der Waals surface area contributed by atoms with Crippen molar-refractivity contribution in [2.75, 3.05) is 11.1 Å². The lowest BCUT2D eigenvalue weighted by Crippen LogP contribution is -2.13. The molecule has 8 heteroatoms. The first kappa shape index (κ1) is 17.7. The highest BCUT2D eigenvalue weighted by molar-refractivity contribution is 6.04. The van der Waals surface area contributed by atoms with E-state index in [1.165, 1.54) is 12.4 Å². The summed E-state index contributed by atoms with van der Waals surface area (Å²) in [7, 11) is 0. The largest absolute Gasteiger partial charge is 0.399 e. The average Bonchev–Trinajstić information content (AvgIpc) is 2.59. The molecule has 0 atom stereocenters. The predicted octanol–water partition coefficient (Wildman–Crippen LogP) is 1.52. The van der Waals surface area contributed by atoms with Crippen molar-refractivity contribution in [1.29, 1.82) is 0 Å². The number of carbonyl (C=O) groups excluding carboxylic acids is 1. The molecule has 8 N–H and O–H groups in total. The molecule has 0 fully saturated rings. The molecule has 25 heavy (non-hydrogen) atoms. The zero-order valence-corrected chi connectivity index (χ0v) is 13.4. The van der Waals surface area contributed by atoms with E-state index >= 15 is 0 Å². The Bertz CT molecular complexity index is 810. The van der Waals surface area contributed by atoms with Gasteiger partial charge in [-0.3, -0.25) is 10.6 Å². The Kier molecular flexibility index (Phi) is 6.26. The lowest BCUT2D eigenvalue weighted by molar-refractivity contribution is 0.102. The number of hydrogen-bond acceptors (Lipinski definition) is 5. The van der Waals surface area contributed by atoms with Crippen molar-refractivity contribution in [3.05, 3.63) is 66.4 Å². The van der Waals surface area contributed by atoms with E-state index in [9.17, 15) is 4.79 Å². The summed E-state index contributed by atoms with van der Waals surface area (Å²) >= 11 is 0. The molecule has 0 bridgehead atoms. The number of benzene rings is 2. The summed E-state index contributed by atoms with van der Waals surface area (Å²) in [6, 6.07) is 13.6. The highest BCUT2D eigenvalue weighted by atomic mass is 16.1. The SMILES string of the molecule is NN/C=C/C=N/C(N)=Nc1cccc(NC(=O)c2ccc(N)cc2)c1. The van der Waals surface area contributed by atoms with Gasteiger partial charge in [-0.05, 0) is 48.5 Å². The zero-order valence-electron chi connectivity index (χ0n) is 13.4. The minimum absolute atomic E-state index is 0.0729. The molecule has 0 aromatic heterocycles. The first-order valence-corrected chi connectivity index (χ1v) is 7.35. The van der Waals surface area contributed by atoms with Gasteiger partial charge < -0.3 is 22.2 Å². The lowest BCUT2D eigenvalue weighted by Gasteiger charge is -2.06. The summed E-state index contributed by atoms with van der Waals surface area (Å²) in [6.45, 7) is 0. The maximum atomic E-state index is 12.2. The van der Waals surface area contributed by atoms with Gasteiger partial charge in [0.1, 0.15) is 0 Å². The fourth-order valence-electron chi connectivity index (χ4n) is 1.87. The van der Waals surface area contributed by atoms with Crippen LogP contribution in [0.5, 0.6) is 0 Å². The van der Waals surface area contributed by atoms with E-state index in [2.05, 4.69) is 20.7 Å². The first-order valence-electron chi connectivity index (χ1n) is 7.35. The van der Waals surface area contributed by atoms with Crippen LogP contribution in [0.1, 0.15) is 10.4 Å². The van der Waals surface area contributed by atoms with Crippen LogP contribution in [0.2, 0.25) is 0 Å². The highest BCUT2D eigenvalue weighted by Gasteiger charge is 2.06. The Morgan fingerprint density at radius 1 is 1.12 bits per heavy atom. The number of carbonyl (C=O) groups is 1. The number of nitrogen functional groups attached to an aromatic ring is 1. The quantitative estimate of drug-likeness (QED) is 0.185. The Balaban J connectivity index is 2.07. The first-order chi connectivity index (χ1) is 12.1. The average molecular weight is 337 g/mol. The summed E-state index contributed by atoms with van der Waals surface area (Å²) in [5.74, 6) is 4.90. The number of amides is 1. The van der Waals surface area contributed by atoms with Gasteiger partial charge in [0.05, 0.1) is 5.69 Å². The molecule has 0 aliphatic carbocycles. The van der Waals surface area contributed by atoms with E-state index in [1.54, 1.807) is 54.6 Å². The molecule has 0 unspecified atom stereocenters. The van der Waals surface area contributed by atoms with Crippen molar-refractivity contribution < 1.29 is 4.79 Å². The number of nitrogens with two attached hydrogens (primary N) is 3. The Hall–Kier alpha value is -3.65. The van der Waals surface area contributed by atoms with Crippen LogP contribution in [-0.2, 0) is 0 Å². The van der Waals surface area contributed by atoms with Crippen molar-refractivity contribution in [2.24, 2.45) is 21.6 Å². The molecule has 0 radical (unpaired) electrons. The van der Waals surface area contributed by atoms with Crippen molar-refractivity contribution in [3.8, 4) is 0 Å². The van der Waals surface area contributed by atoms with Crippen molar-refractivity contribution in [1.82, 2.24) is 5.43 Å². The fraction of sp³-hybridized carbons (Fsp3) is 0. The number of guanidine groups is 1. The molecule has 1 amide bonds. The van der Waals surface area contributed by atoms with Gasteiger partial charge in [0.2, 0.25) is 5.96 Å². The summed E-state index contributed by atoms with van der Waals surface area (Å²) in [6.07, 6.45) is 4.52. The Morgan fingerprint density at radius 2 is 1.88 bits per heavy atom. The van der Waals surface area contributed by atoms with E-state index < -0.39 is 0 Å². The van der Waals surface area contributed by atoms with Gasteiger partial charge in [-0.15, -0.1) is 0 Å². The van der Waals surface area contributed by atoms with Crippen LogP contribution < -0.4 is 28.1 Å². The number of hydrazine groups is 1. The summed E-state index contributed by atoms with van der Waals surface area (Å²) < 4.78 is 0. The monoisotopic (exact) mass is 337 g/mol. The number of hydrogen-bond donors (Lipinski definition) is 5. The molecule has 2 aromatic rings. The van der Waals surface area contributed by atoms with E-state index in [-0.39, 0.29) is 11.9 Å². The zero-order chi connectivity index (χ0) is 18.1. The molecule has 2 rings (SSSR count). The van der Waals surface area contributed by atoms with Crippen LogP contribution in [0, 0.1) is 0 Å². The molecule has 0 spiro atoms. The third-order valence-corrected chi connectivity index (χ3v) is 3.01. The molecule has 0 saturated heterocycles. The van der Waals surface area contributed by atoms with Crippen LogP contribution in [0.15, 0.2) is 70.8 Å². The van der Waals surface area contributed by atoms with E-state index in [1.807, 2.05) is 0 Å². The standard InChI is InChI=1S/C17H19N7O/c18-13-7-5-12(6-8-13)16(25)23-14-3-1-4-15(11-14)24-17(19)21-9-2-10-22-20/h1-11,22H,18,20H2,(H2,19,24)(H,23,25)/b10-2+,21-9+. The molecule has 0 saturated carbocycles. The van der Waals surface area contributed by atoms with Gasteiger partial charge in [0, 0.05) is 29.4 Å². The molecular weight excluding hydrogens is 318 g/mol. The third-order valence-electron chi connectivity index (χ3n) is 3.01. The van der Waals surface area contributed by atoms with Crippen molar-refractivity contribution in [2.45, 2.75) is 0 Å². The van der Waals surface area contributed by atoms with Crippen molar-refractivity contribution >= 4 is 35.1 Å². The third kappa shape index (κ3) is 5.81. The number of nitrogens with one attached hydrogen (secondary N) is 2.